The Morgan fingerprint density at radius 1 is 1.43 bits per heavy atom. The molecule has 0 saturated carbocycles. The van der Waals surface area contributed by atoms with Crippen LogP contribution in [0.5, 0.6) is 0 Å². The van der Waals surface area contributed by atoms with Gasteiger partial charge in [-0.05, 0) is 44.0 Å². The molecule has 2 rings (SSSR count). The zero-order valence-electron chi connectivity index (χ0n) is 13.4. The van der Waals surface area contributed by atoms with Gasteiger partial charge in [0, 0.05) is 40.3 Å². The molecule has 0 aromatic heterocycles. The van der Waals surface area contributed by atoms with Crippen LogP contribution in [0.15, 0.2) is 22.7 Å². The highest BCUT2D eigenvalue weighted by atomic mass is 79.9. The van der Waals surface area contributed by atoms with Crippen LogP contribution in [0.3, 0.4) is 0 Å². The maximum atomic E-state index is 3.77. The van der Waals surface area contributed by atoms with Gasteiger partial charge in [0.15, 0.2) is 0 Å². The van der Waals surface area contributed by atoms with E-state index in [-0.39, 0.29) is 0 Å². The fraction of sp³-hybridized carbons (Fsp3) is 0.647. The van der Waals surface area contributed by atoms with Gasteiger partial charge in [0.2, 0.25) is 0 Å². The van der Waals surface area contributed by atoms with E-state index in [1.807, 2.05) is 0 Å². The minimum absolute atomic E-state index is 0.397. The Morgan fingerprint density at radius 3 is 2.90 bits per heavy atom. The van der Waals surface area contributed by atoms with E-state index in [9.17, 15) is 0 Å². The van der Waals surface area contributed by atoms with Gasteiger partial charge in [0.25, 0.3) is 0 Å². The van der Waals surface area contributed by atoms with E-state index >= 15 is 0 Å². The number of rotatable bonds is 6. The van der Waals surface area contributed by atoms with Gasteiger partial charge in [0.05, 0.1) is 0 Å². The first-order valence-electron chi connectivity index (χ1n) is 8.05. The molecule has 2 atom stereocenters. The average molecular weight is 371 g/mol. The molecule has 2 nitrogen and oxygen atoms in total. The van der Waals surface area contributed by atoms with Crippen LogP contribution < -0.4 is 10.2 Å². The first kappa shape index (κ1) is 17.2. The van der Waals surface area contributed by atoms with E-state index in [2.05, 4.69) is 76.9 Å². The molecule has 21 heavy (non-hydrogen) atoms. The lowest BCUT2D eigenvalue weighted by Crippen LogP contribution is -2.37. The van der Waals surface area contributed by atoms with Gasteiger partial charge < -0.3 is 10.2 Å². The Morgan fingerprint density at radius 2 is 2.24 bits per heavy atom. The van der Waals surface area contributed by atoms with Gasteiger partial charge in [0.1, 0.15) is 0 Å². The summed E-state index contributed by atoms with van der Waals surface area (Å²) in [5.74, 6) is 1.24. The van der Waals surface area contributed by atoms with Crippen LogP contribution in [0.2, 0.25) is 0 Å². The third-order valence-electron chi connectivity index (χ3n) is 4.11. The molecule has 0 aliphatic carbocycles. The number of thioether (sulfide) groups is 1. The van der Waals surface area contributed by atoms with Gasteiger partial charge in [-0.3, -0.25) is 0 Å². The number of halogens is 1. The molecule has 0 amide bonds. The zero-order valence-corrected chi connectivity index (χ0v) is 15.8. The van der Waals surface area contributed by atoms with Gasteiger partial charge in [-0.2, -0.15) is 11.8 Å². The van der Waals surface area contributed by atoms with Crippen LogP contribution in [-0.2, 0) is 0 Å². The summed E-state index contributed by atoms with van der Waals surface area (Å²) < 4.78 is 1.22. The predicted octanol–water partition coefficient (Wildman–Crippen LogP) is 4.84. The van der Waals surface area contributed by atoms with Crippen molar-refractivity contribution in [3.8, 4) is 0 Å². The van der Waals surface area contributed by atoms with E-state index < -0.39 is 0 Å². The Balaban J connectivity index is 2.07. The molecule has 0 bridgehead atoms. The molecule has 1 saturated heterocycles. The lowest BCUT2D eigenvalue weighted by molar-refractivity contribution is 0.569. The molecule has 0 radical (unpaired) electrons. The largest absolute Gasteiger partial charge is 0.370 e. The van der Waals surface area contributed by atoms with Crippen molar-refractivity contribution in [2.75, 3.05) is 30.3 Å². The Kier molecular flexibility index (Phi) is 6.90. The van der Waals surface area contributed by atoms with Gasteiger partial charge >= 0.3 is 0 Å². The van der Waals surface area contributed by atoms with Crippen LogP contribution in [0.25, 0.3) is 0 Å². The van der Waals surface area contributed by atoms with Gasteiger partial charge in [-0.1, -0.05) is 35.8 Å². The first-order chi connectivity index (χ1) is 10.2. The highest BCUT2D eigenvalue weighted by Gasteiger charge is 2.20. The SMILES string of the molecule is CCCNC(C)c1ccc(N2CCSC(CC)C2)cc1Br. The molecular weight excluding hydrogens is 344 g/mol. The molecular formula is C17H27BrN2S. The monoisotopic (exact) mass is 370 g/mol. The van der Waals surface area contributed by atoms with Crippen molar-refractivity contribution in [1.29, 1.82) is 0 Å². The molecule has 2 unspecified atom stereocenters. The third-order valence-corrected chi connectivity index (χ3v) is 6.17. The number of anilines is 1. The Labute approximate surface area is 142 Å². The minimum atomic E-state index is 0.397. The summed E-state index contributed by atoms with van der Waals surface area (Å²) >= 11 is 5.89. The second-order valence-corrected chi connectivity index (χ2v) is 7.99. The lowest BCUT2D eigenvalue weighted by Gasteiger charge is -2.34. The first-order valence-corrected chi connectivity index (χ1v) is 9.89. The molecule has 1 fully saturated rings. The Bertz CT molecular complexity index is 452. The smallest absolute Gasteiger partial charge is 0.0378 e. The lowest BCUT2D eigenvalue weighted by atomic mass is 10.1. The molecule has 1 heterocycles. The van der Waals surface area contributed by atoms with Crippen LogP contribution in [-0.4, -0.2) is 30.6 Å². The molecule has 1 aromatic carbocycles. The zero-order chi connectivity index (χ0) is 15.2. The summed E-state index contributed by atoms with van der Waals surface area (Å²) in [6.45, 7) is 10.1. The summed E-state index contributed by atoms with van der Waals surface area (Å²) in [5.41, 5.74) is 2.71. The second-order valence-electron chi connectivity index (χ2n) is 5.73. The van der Waals surface area contributed by atoms with Crippen molar-refractivity contribution < 1.29 is 0 Å². The standard InChI is InChI=1S/C17H27BrN2S/c1-4-8-19-13(3)16-7-6-14(11-17(16)18)20-9-10-21-15(5-2)12-20/h6-7,11,13,15,19H,4-5,8-10,12H2,1-3H3. The van der Waals surface area contributed by atoms with Gasteiger partial charge in [-0.15, -0.1) is 0 Å². The summed E-state index contributed by atoms with van der Waals surface area (Å²) in [5, 5.41) is 4.34. The minimum Gasteiger partial charge on any atom is -0.370 e. The molecule has 0 spiro atoms. The fourth-order valence-electron chi connectivity index (χ4n) is 2.74. The molecule has 118 valence electrons. The number of hydrogen-bond acceptors (Lipinski definition) is 3. The molecule has 1 aliphatic rings. The van der Waals surface area contributed by atoms with E-state index in [1.54, 1.807) is 0 Å². The topological polar surface area (TPSA) is 15.3 Å². The normalized spacial score (nSPS) is 20.6. The van der Waals surface area contributed by atoms with Crippen molar-refractivity contribution in [2.45, 2.75) is 44.9 Å². The summed E-state index contributed by atoms with van der Waals surface area (Å²) in [6, 6.07) is 7.25. The highest BCUT2D eigenvalue weighted by Crippen LogP contribution is 2.31. The van der Waals surface area contributed by atoms with E-state index in [0.717, 1.165) is 18.3 Å². The molecule has 1 N–H and O–H groups in total. The van der Waals surface area contributed by atoms with Crippen molar-refractivity contribution in [3.05, 3.63) is 28.2 Å². The van der Waals surface area contributed by atoms with Crippen LogP contribution >= 0.6 is 27.7 Å². The molecule has 1 aromatic rings. The third kappa shape index (κ3) is 4.64. The number of benzene rings is 1. The number of nitrogens with zero attached hydrogens (tertiary/aromatic N) is 1. The van der Waals surface area contributed by atoms with Gasteiger partial charge in [-0.25, -0.2) is 0 Å². The Hall–Kier alpha value is -0.190. The van der Waals surface area contributed by atoms with Crippen molar-refractivity contribution in [1.82, 2.24) is 5.32 Å². The van der Waals surface area contributed by atoms with E-state index in [1.165, 1.54) is 40.9 Å². The maximum absolute atomic E-state index is 3.77. The maximum Gasteiger partial charge on any atom is 0.0378 e. The van der Waals surface area contributed by atoms with Crippen molar-refractivity contribution in [2.24, 2.45) is 0 Å². The number of nitrogens with one attached hydrogen (secondary N) is 1. The van der Waals surface area contributed by atoms with Crippen LogP contribution in [0.1, 0.15) is 45.2 Å². The predicted molar refractivity (Wildman–Crippen MR) is 99.6 cm³/mol. The van der Waals surface area contributed by atoms with Crippen LogP contribution in [0, 0.1) is 0 Å². The van der Waals surface area contributed by atoms with E-state index in [4.69, 9.17) is 0 Å². The number of hydrogen-bond donors (Lipinski definition) is 1. The summed E-state index contributed by atoms with van der Waals surface area (Å²) in [4.78, 5) is 2.53. The quantitative estimate of drug-likeness (QED) is 0.770. The second kappa shape index (κ2) is 8.44. The molecule has 1 aliphatic heterocycles. The average Bonchev–Trinajstić information content (AvgIpc) is 2.52. The highest BCUT2D eigenvalue weighted by molar-refractivity contribution is 9.10. The van der Waals surface area contributed by atoms with Crippen LogP contribution in [0.4, 0.5) is 5.69 Å². The van der Waals surface area contributed by atoms with Crippen molar-refractivity contribution in [3.63, 3.8) is 0 Å². The summed E-state index contributed by atoms with van der Waals surface area (Å²) in [6.07, 6.45) is 2.43. The van der Waals surface area contributed by atoms with Crippen molar-refractivity contribution >= 4 is 33.4 Å². The van der Waals surface area contributed by atoms with E-state index in [0.29, 0.717) is 6.04 Å². The summed E-state index contributed by atoms with van der Waals surface area (Å²) in [7, 11) is 0. The molecule has 4 heteroatoms. The fourth-order valence-corrected chi connectivity index (χ4v) is 4.63.